The van der Waals surface area contributed by atoms with Crippen LogP contribution in [0.4, 0.5) is 0 Å². The summed E-state index contributed by atoms with van der Waals surface area (Å²) in [7, 11) is 0. The molecule has 0 heteroatoms. The summed E-state index contributed by atoms with van der Waals surface area (Å²) in [5, 5.41) is 0. The summed E-state index contributed by atoms with van der Waals surface area (Å²) in [4.78, 5) is 0. The van der Waals surface area contributed by atoms with Crippen molar-refractivity contribution in [3.05, 3.63) is 12.2 Å². The van der Waals surface area contributed by atoms with Crippen LogP contribution in [-0.4, -0.2) is 0 Å². The molecule has 1 aliphatic rings. The van der Waals surface area contributed by atoms with Crippen molar-refractivity contribution in [2.24, 2.45) is 23.7 Å². The van der Waals surface area contributed by atoms with Gasteiger partial charge in [0.1, 0.15) is 0 Å². The van der Waals surface area contributed by atoms with Crippen LogP contribution in [-0.2, 0) is 0 Å². The summed E-state index contributed by atoms with van der Waals surface area (Å²) >= 11 is 0. The fourth-order valence-corrected chi connectivity index (χ4v) is 2.73. The normalized spacial score (nSPS) is 29.9. The van der Waals surface area contributed by atoms with Gasteiger partial charge in [0.2, 0.25) is 0 Å². The van der Waals surface area contributed by atoms with E-state index in [-0.39, 0.29) is 0 Å². The number of hydrogen-bond donors (Lipinski definition) is 0. The number of rotatable bonds is 4. The zero-order valence-electron chi connectivity index (χ0n) is 9.64. The number of hydrogen-bond acceptors (Lipinski definition) is 0. The third-order valence-electron chi connectivity index (χ3n) is 3.79. The van der Waals surface area contributed by atoms with E-state index in [4.69, 9.17) is 0 Å². The molecule has 0 radical (unpaired) electrons. The standard InChI is InChI=1S/C13H24/c1-6-10(4)13(9(2)3)12-8-7-11(12)5/h9,11-13H,4,6-8H2,1-3,5H3. The Morgan fingerprint density at radius 1 is 1.38 bits per heavy atom. The highest BCUT2D eigenvalue weighted by molar-refractivity contribution is 5.06. The topological polar surface area (TPSA) is 0 Å². The third kappa shape index (κ3) is 2.15. The van der Waals surface area contributed by atoms with Crippen molar-refractivity contribution < 1.29 is 0 Å². The summed E-state index contributed by atoms with van der Waals surface area (Å²) in [6.45, 7) is 13.6. The lowest BCUT2D eigenvalue weighted by atomic mass is 9.62. The molecule has 0 aliphatic heterocycles. The van der Waals surface area contributed by atoms with Crippen molar-refractivity contribution in [1.29, 1.82) is 0 Å². The monoisotopic (exact) mass is 180 g/mol. The Labute approximate surface area is 83.4 Å². The van der Waals surface area contributed by atoms with E-state index in [0.29, 0.717) is 0 Å². The van der Waals surface area contributed by atoms with Crippen molar-refractivity contribution in [3.8, 4) is 0 Å². The Hall–Kier alpha value is -0.260. The molecule has 1 aliphatic carbocycles. The summed E-state index contributed by atoms with van der Waals surface area (Å²) in [6, 6.07) is 0. The summed E-state index contributed by atoms with van der Waals surface area (Å²) in [5.74, 6) is 3.44. The van der Waals surface area contributed by atoms with Gasteiger partial charge in [-0.15, -0.1) is 0 Å². The van der Waals surface area contributed by atoms with Gasteiger partial charge in [-0.1, -0.05) is 46.3 Å². The van der Waals surface area contributed by atoms with Crippen molar-refractivity contribution >= 4 is 0 Å². The Kier molecular flexibility index (Phi) is 3.58. The molecule has 3 atom stereocenters. The van der Waals surface area contributed by atoms with Gasteiger partial charge in [0.25, 0.3) is 0 Å². The fraction of sp³-hybridized carbons (Fsp3) is 0.846. The lowest BCUT2D eigenvalue weighted by Gasteiger charge is -2.43. The molecule has 3 unspecified atom stereocenters. The van der Waals surface area contributed by atoms with Gasteiger partial charge in [0, 0.05) is 0 Å². The molecule has 0 N–H and O–H groups in total. The van der Waals surface area contributed by atoms with E-state index in [1.165, 1.54) is 18.4 Å². The Morgan fingerprint density at radius 3 is 2.23 bits per heavy atom. The SMILES string of the molecule is C=C(CC)C(C(C)C)C1CCC1C. The number of allylic oxidation sites excluding steroid dienone is 1. The van der Waals surface area contributed by atoms with Crippen LogP contribution in [0.25, 0.3) is 0 Å². The molecule has 0 aromatic heterocycles. The quantitative estimate of drug-likeness (QED) is 0.567. The molecule has 0 nitrogen and oxygen atoms in total. The van der Waals surface area contributed by atoms with Crippen LogP contribution in [0.5, 0.6) is 0 Å². The molecule has 76 valence electrons. The van der Waals surface area contributed by atoms with E-state index < -0.39 is 0 Å². The largest absolute Gasteiger partial charge is 0.0996 e. The van der Waals surface area contributed by atoms with Crippen LogP contribution in [0, 0.1) is 23.7 Å². The maximum absolute atomic E-state index is 4.23. The molecular formula is C13H24. The second kappa shape index (κ2) is 4.30. The zero-order valence-corrected chi connectivity index (χ0v) is 9.64. The minimum absolute atomic E-state index is 0.778. The molecule has 1 rings (SSSR count). The van der Waals surface area contributed by atoms with E-state index in [0.717, 1.165) is 30.1 Å². The molecule has 0 aromatic rings. The zero-order chi connectivity index (χ0) is 10.0. The molecule has 1 fully saturated rings. The molecule has 0 saturated heterocycles. The minimum Gasteiger partial charge on any atom is -0.0996 e. The highest BCUT2D eigenvalue weighted by Gasteiger charge is 2.35. The first-order valence-corrected chi connectivity index (χ1v) is 5.75. The Morgan fingerprint density at radius 2 is 2.00 bits per heavy atom. The smallest absolute Gasteiger partial charge is 0.0152 e. The van der Waals surface area contributed by atoms with Gasteiger partial charge < -0.3 is 0 Å². The van der Waals surface area contributed by atoms with Crippen LogP contribution in [0.3, 0.4) is 0 Å². The van der Waals surface area contributed by atoms with Crippen LogP contribution in [0.15, 0.2) is 12.2 Å². The predicted octanol–water partition coefficient (Wildman–Crippen LogP) is 4.27. The van der Waals surface area contributed by atoms with Gasteiger partial charge >= 0.3 is 0 Å². The van der Waals surface area contributed by atoms with Crippen LogP contribution < -0.4 is 0 Å². The van der Waals surface area contributed by atoms with Crippen LogP contribution >= 0.6 is 0 Å². The lowest BCUT2D eigenvalue weighted by Crippen LogP contribution is -2.34. The van der Waals surface area contributed by atoms with Gasteiger partial charge in [0.15, 0.2) is 0 Å². The highest BCUT2D eigenvalue weighted by atomic mass is 14.4. The fourth-order valence-electron chi connectivity index (χ4n) is 2.73. The second-order valence-corrected chi connectivity index (χ2v) is 5.00. The van der Waals surface area contributed by atoms with Crippen molar-refractivity contribution in [3.63, 3.8) is 0 Å². The van der Waals surface area contributed by atoms with Crippen LogP contribution in [0.2, 0.25) is 0 Å². The maximum Gasteiger partial charge on any atom is -0.0152 e. The highest BCUT2D eigenvalue weighted by Crippen LogP contribution is 2.45. The molecule has 0 aromatic carbocycles. The van der Waals surface area contributed by atoms with Gasteiger partial charge in [-0.05, 0) is 36.5 Å². The average Bonchev–Trinajstić information content (AvgIpc) is 2.09. The van der Waals surface area contributed by atoms with Crippen molar-refractivity contribution in [2.75, 3.05) is 0 Å². The van der Waals surface area contributed by atoms with Crippen molar-refractivity contribution in [2.45, 2.75) is 47.0 Å². The molecule has 0 heterocycles. The van der Waals surface area contributed by atoms with E-state index in [9.17, 15) is 0 Å². The van der Waals surface area contributed by atoms with E-state index in [2.05, 4.69) is 34.3 Å². The van der Waals surface area contributed by atoms with Gasteiger partial charge in [0.05, 0.1) is 0 Å². The predicted molar refractivity (Wildman–Crippen MR) is 59.6 cm³/mol. The molecular weight excluding hydrogens is 156 g/mol. The van der Waals surface area contributed by atoms with Crippen LogP contribution in [0.1, 0.15) is 47.0 Å². The summed E-state index contributed by atoms with van der Waals surface area (Å²) < 4.78 is 0. The minimum atomic E-state index is 0.778. The Bertz CT molecular complexity index is 178. The Balaban J connectivity index is 2.62. The average molecular weight is 180 g/mol. The maximum atomic E-state index is 4.23. The van der Waals surface area contributed by atoms with E-state index >= 15 is 0 Å². The first-order valence-electron chi connectivity index (χ1n) is 5.75. The molecule has 0 bridgehead atoms. The molecule has 1 saturated carbocycles. The van der Waals surface area contributed by atoms with Crippen molar-refractivity contribution in [1.82, 2.24) is 0 Å². The first-order chi connectivity index (χ1) is 6.07. The third-order valence-corrected chi connectivity index (χ3v) is 3.79. The molecule has 13 heavy (non-hydrogen) atoms. The van der Waals surface area contributed by atoms with E-state index in [1.807, 2.05) is 0 Å². The second-order valence-electron chi connectivity index (χ2n) is 5.00. The molecule has 0 amide bonds. The van der Waals surface area contributed by atoms with Gasteiger partial charge in [-0.2, -0.15) is 0 Å². The summed E-state index contributed by atoms with van der Waals surface area (Å²) in [5.41, 5.74) is 1.48. The van der Waals surface area contributed by atoms with Gasteiger partial charge in [-0.3, -0.25) is 0 Å². The lowest BCUT2D eigenvalue weighted by molar-refractivity contribution is 0.109. The first kappa shape index (κ1) is 10.8. The molecule has 0 spiro atoms. The summed E-state index contributed by atoms with van der Waals surface area (Å²) in [6.07, 6.45) is 4.03. The van der Waals surface area contributed by atoms with E-state index in [1.54, 1.807) is 0 Å². The van der Waals surface area contributed by atoms with Gasteiger partial charge in [-0.25, -0.2) is 0 Å².